The van der Waals surface area contributed by atoms with Crippen LogP contribution in [0.5, 0.6) is 0 Å². The Labute approximate surface area is 158 Å². The zero-order chi connectivity index (χ0) is 18.3. The number of halogens is 1. The maximum atomic E-state index is 13.1. The molecule has 26 heavy (non-hydrogen) atoms. The van der Waals surface area contributed by atoms with Crippen LogP contribution in [0.3, 0.4) is 0 Å². The van der Waals surface area contributed by atoms with Gasteiger partial charge in [0.25, 0.3) is 5.91 Å². The van der Waals surface area contributed by atoms with Crippen LogP contribution in [0.4, 0.5) is 11.4 Å². The number of anilines is 2. The number of benzene rings is 3. The molecule has 0 aliphatic carbocycles. The summed E-state index contributed by atoms with van der Waals surface area (Å²) in [6, 6.07) is 21.3. The minimum atomic E-state index is -0.264. The van der Waals surface area contributed by atoms with Gasteiger partial charge in [0.15, 0.2) is 0 Å². The lowest BCUT2D eigenvalue weighted by Gasteiger charge is -2.28. The predicted octanol–water partition coefficient (Wildman–Crippen LogP) is 5.73. The van der Waals surface area contributed by atoms with Crippen LogP contribution in [0, 0.1) is 13.8 Å². The summed E-state index contributed by atoms with van der Waals surface area (Å²) in [7, 11) is 0. The molecule has 1 N–H and O–H groups in total. The summed E-state index contributed by atoms with van der Waals surface area (Å²) < 4.78 is 0. The number of carbonyl (C=O) groups excluding carboxylic acids is 1. The zero-order valence-corrected chi connectivity index (χ0v) is 15.4. The first-order valence-corrected chi connectivity index (χ1v) is 8.95. The van der Waals surface area contributed by atoms with E-state index in [-0.39, 0.29) is 12.1 Å². The van der Waals surface area contributed by atoms with Crippen molar-refractivity contribution in [3.05, 3.63) is 94.0 Å². The molecule has 3 aromatic rings. The van der Waals surface area contributed by atoms with Crippen molar-refractivity contribution in [2.24, 2.45) is 0 Å². The zero-order valence-electron chi connectivity index (χ0n) is 14.7. The van der Waals surface area contributed by atoms with Gasteiger partial charge in [-0.25, -0.2) is 0 Å². The van der Waals surface area contributed by atoms with Crippen LogP contribution in [0.25, 0.3) is 0 Å². The minimum Gasteiger partial charge on any atom is -0.361 e. The first-order valence-electron chi connectivity index (χ1n) is 8.57. The summed E-state index contributed by atoms with van der Waals surface area (Å²) in [4.78, 5) is 14.9. The molecular weight excluding hydrogens is 344 g/mol. The van der Waals surface area contributed by atoms with E-state index in [1.807, 2.05) is 60.7 Å². The summed E-state index contributed by atoms with van der Waals surface area (Å²) in [5, 5.41) is 4.22. The maximum Gasteiger partial charge on any atom is 0.260 e. The lowest BCUT2D eigenvalue weighted by atomic mass is 10.1. The summed E-state index contributed by atoms with van der Waals surface area (Å²) >= 11 is 6.03. The fourth-order valence-corrected chi connectivity index (χ4v) is 3.51. The summed E-state index contributed by atoms with van der Waals surface area (Å²) in [6.07, 6.45) is -0.264. The van der Waals surface area contributed by atoms with Gasteiger partial charge in [-0.05, 0) is 61.4 Å². The molecule has 3 aromatic carbocycles. The standard InChI is InChI=1S/C22H19ClN2O/c1-14-6-5-9-20(15(14)2)24-21-18-7-3-4-8-19(18)22(26)25(21)17-12-10-16(23)11-13-17/h3-13,21,24H,1-2H3/t21-/m0/s1. The lowest BCUT2D eigenvalue weighted by molar-refractivity contribution is 0.0993. The Morgan fingerprint density at radius 3 is 2.42 bits per heavy atom. The molecule has 3 nitrogen and oxygen atoms in total. The van der Waals surface area contributed by atoms with E-state index in [0.717, 1.165) is 22.5 Å². The van der Waals surface area contributed by atoms with E-state index < -0.39 is 0 Å². The summed E-state index contributed by atoms with van der Waals surface area (Å²) in [5.74, 6) is -0.00858. The normalized spacial score (nSPS) is 15.9. The molecule has 0 unspecified atom stereocenters. The number of hydrogen-bond acceptors (Lipinski definition) is 2. The minimum absolute atomic E-state index is 0.00858. The molecule has 1 heterocycles. The molecule has 0 spiro atoms. The smallest absolute Gasteiger partial charge is 0.260 e. The van der Waals surface area contributed by atoms with Gasteiger partial charge in [-0.15, -0.1) is 0 Å². The average molecular weight is 363 g/mol. The van der Waals surface area contributed by atoms with E-state index in [1.165, 1.54) is 11.1 Å². The van der Waals surface area contributed by atoms with Crippen molar-refractivity contribution in [2.45, 2.75) is 20.0 Å². The molecule has 0 bridgehead atoms. The number of nitrogens with one attached hydrogen (secondary N) is 1. The van der Waals surface area contributed by atoms with Crippen LogP contribution in [-0.2, 0) is 0 Å². The van der Waals surface area contributed by atoms with E-state index in [2.05, 4.69) is 25.2 Å². The molecule has 4 rings (SSSR count). The predicted molar refractivity (Wildman–Crippen MR) is 107 cm³/mol. The second-order valence-electron chi connectivity index (χ2n) is 6.53. The number of hydrogen-bond donors (Lipinski definition) is 1. The van der Waals surface area contributed by atoms with Crippen molar-refractivity contribution in [2.75, 3.05) is 10.2 Å². The third-order valence-corrected chi connectivity index (χ3v) is 5.22. The molecule has 1 atom stereocenters. The molecule has 0 radical (unpaired) electrons. The van der Waals surface area contributed by atoms with E-state index in [1.54, 1.807) is 4.90 Å². The fourth-order valence-electron chi connectivity index (χ4n) is 3.38. The van der Waals surface area contributed by atoms with Gasteiger partial charge in [-0.2, -0.15) is 0 Å². The fraction of sp³-hybridized carbons (Fsp3) is 0.136. The molecule has 1 aliphatic rings. The van der Waals surface area contributed by atoms with Crippen LogP contribution in [0.2, 0.25) is 5.02 Å². The molecule has 0 saturated carbocycles. The third kappa shape index (κ3) is 2.74. The van der Waals surface area contributed by atoms with Crippen molar-refractivity contribution >= 4 is 28.9 Å². The quantitative estimate of drug-likeness (QED) is 0.645. The van der Waals surface area contributed by atoms with E-state index in [0.29, 0.717) is 5.02 Å². The second kappa shape index (κ2) is 6.50. The first-order chi connectivity index (χ1) is 12.6. The largest absolute Gasteiger partial charge is 0.361 e. The molecular formula is C22H19ClN2O. The van der Waals surface area contributed by atoms with Crippen molar-refractivity contribution in [3.63, 3.8) is 0 Å². The van der Waals surface area contributed by atoms with E-state index in [4.69, 9.17) is 11.6 Å². The number of amides is 1. The van der Waals surface area contributed by atoms with Crippen LogP contribution in [-0.4, -0.2) is 5.91 Å². The van der Waals surface area contributed by atoms with Crippen molar-refractivity contribution in [3.8, 4) is 0 Å². The van der Waals surface area contributed by atoms with Crippen LogP contribution >= 0.6 is 11.6 Å². The number of carbonyl (C=O) groups is 1. The molecule has 1 amide bonds. The Bertz CT molecular complexity index is 982. The van der Waals surface area contributed by atoms with Gasteiger partial charge < -0.3 is 5.32 Å². The van der Waals surface area contributed by atoms with Crippen LogP contribution in [0.1, 0.15) is 33.2 Å². The number of aryl methyl sites for hydroxylation is 1. The Kier molecular flexibility index (Phi) is 4.17. The Morgan fingerprint density at radius 2 is 1.65 bits per heavy atom. The highest BCUT2D eigenvalue weighted by Crippen LogP contribution is 2.38. The molecule has 4 heteroatoms. The highest BCUT2D eigenvalue weighted by Gasteiger charge is 2.37. The highest BCUT2D eigenvalue weighted by molar-refractivity contribution is 6.30. The number of rotatable bonds is 3. The summed E-state index contributed by atoms with van der Waals surface area (Å²) in [6.45, 7) is 4.18. The molecule has 130 valence electrons. The Balaban J connectivity index is 1.81. The van der Waals surface area contributed by atoms with Gasteiger partial charge in [-0.1, -0.05) is 41.9 Å². The average Bonchev–Trinajstić information content (AvgIpc) is 2.92. The maximum absolute atomic E-state index is 13.1. The Morgan fingerprint density at radius 1 is 0.923 bits per heavy atom. The van der Waals surface area contributed by atoms with E-state index in [9.17, 15) is 4.79 Å². The van der Waals surface area contributed by atoms with Gasteiger partial charge in [0.2, 0.25) is 0 Å². The van der Waals surface area contributed by atoms with Gasteiger partial charge in [0, 0.05) is 27.5 Å². The van der Waals surface area contributed by atoms with Gasteiger partial charge >= 0.3 is 0 Å². The van der Waals surface area contributed by atoms with Crippen molar-refractivity contribution in [1.29, 1.82) is 0 Å². The highest BCUT2D eigenvalue weighted by atomic mass is 35.5. The van der Waals surface area contributed by atoms with Gasteiger partial charge in [-0.3, -0.25) is 9.69 Å². The van der Waals surface area contributed by atoms with E-state index >= 15 is 0 Å². The Hall–Kier alpha value is -2.78. The first kappa shape index (κ1) is 16.7. The molecule has 0 saturated heterocycles. The SMILES string of the molecule is Cc1cccc(N[C@@H]2c3ccccc3C(=O)N2c2ccc(Cl)cc2)c1C. The third-order valence-electron chi connectivity index (χ3n) is 4.96. The number of fused-ring (bicyclic) bond motifs is 1. The van der Waals surface area contributed by atoms with Crippen molar-refractivity contribution in [1.82, 2.24) is 0 Å². The van der Waals surface area contributed by atoms with Crippen LogP contribution in [0.15, 0.2) is 66.7 Å². The molecule has 0 fully saturated rings. The van der Waals surface area contributed by atoms with Gasteiger partial charge in [0.1, 0.15) is 6.17 Å². The van der Waals surface area contributed by atoms with Gasteiger partial charge in [0.05, 0.1) is 0 Å². The molecule has 1 aliphatic heterocycles. The summed E-state index contributed by atoms with van der Waals surface area (Å²) in [5.41, 5.74) is 5.95. The number of nitrogens with zero attached hydrogens (tertiary/aromatic N) is 1. The van der Waals surface area contributed by atoms with Crippen molar-refractivity contribution < 1.29 is 4.79 Å². The topological polar surface area (TPSA) is 32.3 Å². The lowest BCUT2D eigenvalue weighted by Crippen LogP contribution is -2.32. The monoisotopic (exact) mass is 362 g/mol. The molecule has 0 aromatic heterocycles. The van der Waals surface area contributed by atoms with Crippen LogP contribution < -0.4 is 10.2 Å². The second-order valence-corrected chi connectivity index (χ2v) is 6.97.